The van der Waals surface area contributed by atoms with Gasteiger partial charge in [-0.1, -0.05) is 30.3 Å². The average molecular weight is 480 g/mol. The van der Waals surface area contributed by atoms with E-state index in [4.69, 9.17) is 4.74 Å². The number of sulfonamides is 1. The quantitative estimate of drug-likeness (QED) is 0.537. The lowest BCUT2D eigenvalue weighted by atomic mass is 10.1. The number of morpholine rings is 1. The third-order valence-corrected chi connectivity index (χ3v) is 7.30. The highest BCUT2D eigenvalue weighted by atomic mass is 32.2. The van der Waals surface area contributed by atoms with Crippen LogP contribution in [-0.2, 0) is 21.3 Å². The van der Waals surface area contributed by atoms with Crippen LogP contribution in [0.25, 0.3) is 0 Å². The van der Waals surface area contributed by atoms with Gasteiger partial charge in [0.2, 0.25) is 0 Å². The van der Waals surface area contributed by atoms with Crippen molar-refractivity contribution in [3.8, 4) is 0 Å². The number of nitrogens with one attached hydrogen (secondary N) is 2. The molecule has 0 unspecified atom stereocenters. The van der Waals surface area contributed by atoms with Gasteiger partial charge in [0.05, 0.1) is 18.1 Å². The predicted molar refractivity (Wildman–Crippen MR) is 134 cm³/mol. The van der Waals surface area contributed by atoms with E-state index in [1.165, 1.54) is 6.07 Å². The molecule has 0 saturated carbocycles. The van der Waals surface area contributed by atoms with Crippen molar-refractivity contribution in [2.75, 3.05) is 35.9 Å². The molecule has 0 radical (unpaired) electrons. The standard InChI is InChI=1S/C26H29N3O4S/c1-19-4-3-5-23(16-19)28-34(31,32)25-17-22(9-6-20(25)2)26(30)27-18-21-7-10-24(11-8-21)29-12-14-33-15-13-29/h3-11,16-17,28H,12-15,18H2,1-2H3,(H,27,30). The highest BCUT2D eigenvalue weighted by Gasteiger charge is 2.19. The first-order chi connectivity index (χ1) is 16.3. The van der Waals surface area contributed by atoms with E-state index in [1.807, 2.05) is 37.3 Å². The first kappa shape index (κ1) is 23.8. The number of amides is 1. The fourth-order valence-electron chi connectivity index (χ4n) is 3.88. The van der Waals surface area contributed by atoms with E-state index in [-0.39, 0.29) is 10.8 Å². The lowest BCUT2D eigenvalue weighted by Crippen LogP contribution is -2.36. The SMILES string of the molecule is Cc1cccc(NS(=O)(=O)c2cc(C(=O)NCc3ccc(N4CCOCC4)cc3)ccc2C)c1. The summed E-state index contributed by atoms with van der Waals surface area (Å²) in [5, 5.41) is 2.88. The molecule has 1 aliphatic rings. The lowest BCUT2D eigenvalue weighted by molar-refractivity contribution is 0.0950. The van der Waals surface area contributed by atoms with Crippen LogP contribution in [0, 0.1) is 13.8 Å². The highest BCUT2D eigenvalue weighted by molar-refractivity contribution is 7.92. The monoisotopic (exact) mass is 479 g/mol. The Hall–Kier alpha value is -3.36. The van der Waals surface area contributed by atoms with E-state index < -0.39 is 10.0 Å². The third kappa shape index (κ3) is 5.76. The number of ether oxygens (including phenoxy) is 1. The zero-order chi connectivity index (χ0) is 24.1. The summed E-state index contributed by atoms with van der Waals surface area (Å²) in [6.07, 6.45) is 0. The van der Waals surface area contributed by atoms with Crippen LogP contribution in [0.5, 0.6) is 0 Å². The smallest absolute Gasteiger partial charge is 0.262 e. The molecule has 178 valence electrons. The van der Waals surface area contributed by atoms with Gasteiger partial charge in [-0.05, 0) is 66.9 Å². The molecular weight excluding hydrogens is 450 g/mol. The van der Waals surface area contributed by atoms with Crippen molar-refractivity contribution in [2.24, 2.45) is 0 Å². The molecule has 34 heavy (non-hydrogen) atoms. The molecule has 0 spiro atoms. The summed E-state index contributed by atoms with van der Waals surface area (Å²) in [5.41, 5.74) is 4.38. The van der Waals surface area contributed by atoms with Gasteiger partial charge in [0, 0.05) is 36.6 Å². The molecule has 7 nitrogen and oxygen atoms in total. The largest absolute Gasteiger partial charge is 0.378 e. The Labute approximate surface area is 200 Å². The van der Waals surface area contributed by atoms with Crippen molar-refractivity contribution in [2.45, 2.75) is 25.3 Å². The van der Waals surface area contributed by atoms with Crippen molar-refractivity contribution < 1.29 is 17.9 Å². The molecule has 4 rings (SSSR count). The molecule has 1 heterocycles. The van der Waals surface area contributed by atoms with Crippen molar-refractivity contribution in [1.82, 2.24) is 5.32 Å². The molecular formula is C26H29N3O4S. The average Bonchev–Trinajstić information content (AvgIpc) is 2.83. The van der Waals surface area contributed by atoms with Crippen LogP contribution in [0.3, 0.4) is 0 Å². The van der Waals surface area contributed by atoms with E-state index in [2.05, 4.69) is 14.9 Å². The molecule has 1 amide bonds. The summed E-state index contributed by atoms with van der Waals surface area (Å²) in [4.78, 5) is 15.1. The number of hydrogen-bond acceptors (Lipinski definition) is 5. The minimum Gasteiger partial charge on any atom is -0.378 e. The number of hydrogen-bond donors (Lipinski definition) is 2. The molecule has 0 bridgehead atoms. The summed E-state index contributed by atoms with van der Waals surface area (Å²) in [7, 11) is -3.84. The number of nitrogens with zero attached hydrogens (tertiary/aromatic N) is 1. The first-order valence-corrected chi connectivity index (χ1v) is 12.7. The van der Waals surface area contributed by atoms with Gasteiger partial charge in [0.25, 0.3) is 15.9 Å². The minimum absolute atomic E-state index is 0.0801. The van der Waals surface area contributed by atoms with Crippen LogP contribution in [0.4, 0.5) is 11.4 Å². The second-order valence-electron chi connectivity index (χ2n) is 8.40. The summed E-state index contributed by atoms with van der Waals surface area (Å²) < 4.78 is 34.0. The van der Waals surface area contributed by atoms with Gasteiger partial charge in [0.15, 0.2) is 0 Å². The van der Waals surface area contributed by atoms with E-state index in [1.54, 1.807) is 37.3 Å². The summed E-state index contributed by atoms with van der Waals surface area (Å²) in [6, 6.07) is 19.9. The molecule has 3 aromatic rings. The fraction of sp³-hybridized carbons (Fsp3) is 0.269. The maximum atomic E-state index is 13.0. The number of carbonyl (C=O) groups excluding carboxylic acids is 1. The van der Waals surface area contributed by atoms with E-state index in [9.17, 15) is 13.2 Å². The lowest BCUT2D eigenvalue weighted by Gasteiger charge is -2.28. The summed E-state index contributed by atoms with van der Waals surface area (Å²) >= 11 is 0. The second-order valence-corrected chi connectivity index (χ2v) is 10.1. The van der Waals surface area contributed by atoms with Crippen LogP contribution >= 0.6 is 0 Å². The first-order valence-electron chi connectivity index (χ1n) is 11.2. The maximum absolute atomic E-state index is 13.0. The summed E-state index contributed by atoms with van der Waals surface area (Å²) in [6.45, 7) is 7.15. The molecule has 1 saturated heterocycles. The van der Waals surface area contributed by atoms with E-state index >= 15 is 0 Å². The molecule has 1 fully saturated rings. The van der Waals surface area contributed by atoms with Gasteiger partial charge in [0.1, 0.15) is 0 Å². The number of aryl methyl sites for hydroxylation is 2. The second kappa shape index (κ2) is 10.3. The molecule has 0 atom stereocenters. The van der Waals surface area contributed by atoms with Crippen LogP contribution in [0.2, 0.25) is 0 Å². The number of benzene rings is 3. The van der Waals surface area contributed by atoms with Gasteiger partial charge in [-0.3, -0.25) is 9.52 Å². The van der Waals surface area contributed by atoms with Crippen LogP contribution < -0.4 is 14.9 Å². The Kier molecular flexibility index (Phi) is 7.19. The number of carbonyl (C=O) groups is 1. The Bertz CT molecular complexity index is 1270. The van der Waals surface area contributed by atoms with Crippen molar-refractivity contribution >= 4 is 27.3 Å². The predicted octanol–water partition coefficient (Wildman–Crippen LogP) is 3.87. The van der Waals surface area contributed by atoms with Gasteiger partial charge in [-0.15, -0.1) is 0 Å². The zero-order valence-corrected chi connectivity index (χ0v) is 20.2. The van der Waals surface area contributed by atoms with E-state index in [0.717, 1.165) is 43.1 Å². The van der Waals surface area contributed by atoms with Gasteiger partial charge >= 0.3 is 0 Å². The van der Waals surface area contributed by atoms with Crippen molar-refractivity contribution in [3.05, 3.63) is 89.0 Å². The van der Waals surface area contributed by atoms with Crippen molar-refractivity contribution in [1.29, 1.82) is 0 Å². The highest BCUT2D eigenvalue weighted by Crippen LogP contribution is 2.22. The van der Waals surface area contributed by atoms with Crippen molar-refractivity contribution in [3.63, 3.8) is 0 Å². The molecule has 2 N–H and O–H groups in total. The normalized spacial score (nSPS) is 14.0. The zero-order valence-electron chi connectivity index (χ0n) is 19.4. The van der Waals surface area contributed by atoms with Gasteiger partial charge in [-0.2, -0.15) is 0 Å². The molecule has 3 aromatic carbocycles. The third-order valence-electron chi connectivity index (χ3n) is 5.78. The molecule has 8 heteroatoms. The van der Waals surface area contributed by atoms with E-state index in [0.29, 0.717) is 23.4 Å². The fourth-order valence-corrected chi connectivity index (χ4v) is 5.20. The Morgan fingerprint density at radius 1 is 0.971 bits per heavy atom. The summed E-state index contributed by atoms with van der Waals surface area (Å²) in [5.74, 6) is -0.329. The van der Waals surface area contributed by atoms with Gasteiger partial charge < -0.3 is 15.0 Å². The molecule has 0 aliphatic carbocycles. The van der Waals surface area contributed by atoms with Crippen LogP contribution in [-0.4, -0.2) is 40.6 Å². The Balaban J connectivity index is 1.43. The topological polar surface area (TPSA) is 87.7 Å². The number of anilines is 2. The Morgan fingerprint density at radius 3 is 2.41 bits per heavy atom. The van der Waals surface area contributed by atoms with Crippen LogP contribution in [0.1, 0.15) is 27.0 Å². The van der Waals surface area contributed by atoms with Gasteiger partial charge in [-0.25, -0.2) is 8.42 Å². The van der Waals surface area contributed by atoms with Crippen LogP contribution in [0.15, 0.2) is 71.6 Å². The molecule has 1 aliphatic heterocycles. The molecule has 0 aromatic heterocycles. The Morgan fingerprint density at radius 2 is 1.71 bits per heavy atom. The minimum atomic E-state index is -3.84. The number of rotatable bonds is 7. The maximum Gasteiger partial charge on any atom is 0.262 e.